The lowest BCUT2D eigenvalue weighted by Gasteiger charge is -2.12. The number of benzene rings is 2. The van der Waals surface area contributed by atoms with E-state index in [0.717, 1.165) is 28.9 Å². The summed E-state index contributed by atoms with van der Waals surface area (Å²) in [6, 6.07) is 15.1. The lowest BCUT2D eigenvalue weighted by Crippen LogP contribution is -2.12. The van der Waals surface area contributed by atoms with Gasteiger partial charge in [0.2, 0.25) is 0 Å². The number of nitriles is 1. The molecule has 104 valence electrons. The zero-order valence-electron chi connectivity index (χ0n) is 11.8. The van der Waals surface area contributed by atoms with Crippen molar-refractivity contribution in [2.75, 3.05) is 6.61 Å². The molecule has 3 nitrogen and oxygen atoms in total. The van der Waals surface area contributed by atoms with Crippen molar-refractivity contribution >= 4 is 5.78 Å². The zero-order valence-corrected chi connectivity index (χ0v) is 11.8. The number of aryl methyl sites for hydroxylation is 1. The Bertz CT molecular complexity index is 743. The van der Waals surface area contributed by atoms with Crippen molar-refractivity contribution in [2.24, 2.45) is 0 Å². The van der Waals surface area contributed by atoms with Crippen LogP contribution in [0.3, 0.4) is 0 Å². The fraction of sp³-hybridized carbons (Fsp3) is 0.222. The van der Waals surface area contributed by atoms with E-state index in [1.807, 2.05) is 43.3 Å². The Kier molecular flexibility index (Phi) is 3.45. The van der Waals surface area contributed by atoms with Crippen molar-refractivity contribution in [1.82, 2.24) is 0 Å². The molecule has 1 aliphatic rings. The van der Waals surface area contributed by atoms with E-state index in [2.05, 4.69) is 6.07 Å². The third kappa shape index (κ3) is 2.41. The van der Waals surface area contributed by atoms with Gasteiger partial charge in [-0.1, -0.05) is 24.3 Å². The van der Waals surface area contributed by atoms with Crippen LogP contribution in [0.2, 0.25) is 0 Å². The highest BCUT2D eigenvalue weighted by Gasteiger charge is 2.24. The van der Waals surface area contributed by atoms with Gasteiger partial charge in [-0.05, 0) is 41.8 Å². The molecule has 0 N–H and O–H groups in total. The Morgan fingerprint density at radius 2 is 2.10 bits per heavy atom. The van der Waals surface area contributed by atoms with Gasteiger partial charge in [-0.25, -0.2) is 0 Å². The predicted octanol–water partition coefficient (Wildman–Crippen LogP) is 3.42. The second-order valence-electron chi connectivity index (χ2n) is 5.20. The van der Waals surface area contributed by atoms with Crippen LogP contribution in [0.25, 0.3) is 0 Å². The van der Waals surface area contributed by atoms with Crippen molar-refractivity contribution in [2.45, 2.75) is 19.3 Å². The molecule has 0 radical (unpaired) electrons. The van der Waals surface area contributed by atoms with Crippen molar-refractivity contribution in [1.29, 1.82) is 5.26 Å². The van der Waals surface area contributed by atoms with Crippen molar-refractivity contribution in [3.05, 3.63) is 64.7 Å². The summed E-state index contributed by atoms with van der Waals surface area (Å²) in [6.45, 7) is 2.58. The van der Waals surface area contributed by atoms with Gasteiger partial charge < -0.3 is 4.74 Å². The molecule has 3 rings (SSSR count). The number of Topliss-reactive ketones (excluding diaryl/α,β-unsaturated/α-hetero) is 1. The molecule has 0 saturated heterocycles. The summed E-state index contributed by atoms with van der Waals surface area (Å²) in [6.07, 6.45) is 0.817. The van der Waals surface area contributed by atoms with Gasteiger partial charge in [-0.15, -0.1) is 0 Å². The van der Waals surface area contributed by atoms with E-state index in [-0.39, 0.29) is 5.78 Å². The Balaban J connectivity index is 1.97. The first-order chi connectivity index (χ1) is 10.2. The van der Waals surface area contributed by atoms with Crippen LogP contribution in [0.5, 0.6) is 5.75 Å². The monoisotopic (exact) mass is 277 g/mol. The Hall–Kier alpha value is -2.60. The van der Waals surface area contributed by atoms with Gasteiger partial charge in [-0.2, -0.15) is 5.26 Å². The van der Waals surface area contributed by atoms with Crippen LogP contribution in [0.15, 0.2) is 42.5 Å². The lowest BCUT2D eigenvalue weighted by molar-refractivity contribution is 0.0978. The number of fused-ring (bicyclic) bond motifs is 1. The molecule has 0 aliphatic carbocycles. The average molecular weight is 277 g/mol. The van der Waals surface area contributed by atoms with E-state index in [9.17, 15) is 10.1 Å². The molecule has 0 spiro atoms. The van der Waals surface area contributed by atoms with Gasteiger partial charge in [0.15, 0.2) is 5.78 Å². The molecular formula is C18H15NO2. The number of carbonyl (C=O) groups is 1. The standard InChI is InChI=1S/C18H15NO2/c1-12-4-2-3-5-15(12)16(11-19)18(20)14-6-7-17-13(10-14)8-9-21-17/h2-7,10,16H,8-9H2,1H3. The molecule has 2 aromatic carbocycles. The molecule has 1 aliphatic heterocycles. The summed E-state index contributed by atoms with van der Waals surface area (Å²) in [5.41, 5.74) is 3.36. The molecule has 0 bridgehead atoms. The second-order valence-corrected chi connectivity index (χ2v) is 5.20. The fourth-order valence-corrected chi connectivity index (χ4v) is 2.69. The van der Waals surface area contributed by atoms with Crippen molar-refractivity contribution in [3.63, 3.8) is 0 Å². The Morgan fingerprint density at radius 3 is 2.86 bits per heavy atom. The van der Waals surface area contributed by atoms with Crippen LogP contribution in [0.4, 0.5) is 0 Å². The molecule has 0 amide bonds. The Morgan fingerprint density at radius 1 is 1.29 bits per heavy atom. The minimum Gasteiger partial charge on any atom is -0.493 e. The first kappa shape index (κ1) is 13.4. The largest absolute Gasteiger partial charge is 0.493 e. The summed E-state index contributed by atoms with van der Waals surface area (Å²) in [5, 5.41) is 9.43. The number of rotatable bonds is 3. The van der Waals surface area contributed by atoms with Gasteiger partial charge in [0, 0.05) is 12.0 Å². The highest BCUT2D eigenvalue weighted by molar-refractivity contribution is 6.03. The number of hydrogen-bond acceptors (Lipinski definition) is 3. The maximum absolute atomic E-state index is 12.7. The van der Waals surface area contributed by atoms with Crippen LogP contribution in [-0.4, -0.2) is 12.4 Å². The second kappa shape index (κ2) is 5.41. The van der Waals surface area contributed by atoms with E-state index < -0.39 is 5.92 Å². The molecule has 1 atom stereocenters. The van der Waals surface area contributed by atoms with Gasteiger partial charge in [-0.3, -0.25) is 4.79 Å². The van der Waals surface area contributed by atoms with Crippen molar-refractivity contribution < 1.29 is 9.53 Å². The topological polar surface area (TPSA) is 50.1 Å². The minimum absolute atomic E-state index is 0.151. The third-order valence-electron chi connectivity index (χ3n) is 3.86. The smallest absolute Gasteiger partial charge is 0.184 e. The van der Waals surface area contributed by atoms with Gasteiger partial charge in [0.1, 0.15) is 11.7 Å². The van der Waals surface area contributed by atoms with Crippen LogP contribution < -0.4 is 4.74 Å². The number of ketones is 1. The SMILES string of the molecule is Cc1ccccc1C(C#N)C(=O)c1ccc2c(c1)CCO2. The first-order valence-corrected chi connectivity index (χ1v) is 6.96. The minimum atomic E-state index is -0.758. The molecule has 3 heteroatoms. The highest BCUT2D eigenvalue weighted by atomic mass is 16.5. The Labute approximate surface area is 123 Å². The van der Waals surface area contributed by atoms with E-state index in [0.29, 0.717) is 12.2 Å². The van der Waals surface area contributed by atoms with Gasteiger partial charge in [0.25, 0.3) is 0 Å². The van der Waals surface area contributed by atoms with E-state index in [1.165, 1.54) is 0 Å². The molecule has 1 unspecified atom stereocenters. The lowest BCUT2D eigenvalue weighted by atomic mass is 9.88. The van der Waals surface area contributed by atoms with Crippen LogP contribution in [0, 0.1) is 18.3 Å². The van der Waals surface area contributed by atoms with E-state index >= 15 is 0 Å². The molecular weight excluding hydrogens is 262 g/mol. The molecule has 0 saturated carbocycles. The first-order valence-electron chi connectivity index (χ1n) is 6.96. The van der Waals surface area contributed by atoms with E-state index in [1.54, 1.807) is 6.07 Å². The number of nitrogens with zero attached hydrogens (tertiary/aromatic N) is 1. The molecule has 0 fully saturated rings. The number of ether oxygens (including phenoxy) is 1. The molecule has 2 aromatic rings. The van der Waals surface area contributed by atoms with Crippen LogP contribution >= 0.6 is 0 Å². The number of carbonyl (C=O) groups excluding carboxylic acids is 1. The summed E-state index contributed by atoms with van der Waals surface area (Å²) in [4.78, 5) is 12.7. The maximum Gasteiger partial charge on any atom is 0.184 e. The molecule has 21 heavy (non-hydrogen) atoms. The van der Waals surface area contributed by atoms with Gasteiger partial charge in [0.05, 0.1) is 12.7 Å². The normalized spacial score (nSPS) is 13.9. The average Bonchev–Trinajstić information content (AvgIpc) is 2.97. The molecule has 1 heterocycles. The van der Waals surface area contributed by atoms with Crippen LogP contribution in [-0.2, 0) is 6.42 Å². The summed E-state index contributed by atoms with van der Waals surface area (Å²) in [5.74, 6) is -0.0657. The van der Waals surface area contributed by atoms with E-state index in [4.69, 9.17) is 4.74 Å². The predicted molar refractivity (Wildman–Crippen MR) is 79.5 cm³/mol. The third-order valence-corrected chi connectivity index (χ3v) is 3.86. The fourth-order valence-electron chi connectivity index (χ4n) is 2.69. The number of hydrogen-bond donors (Lipinski definition) is 0. The van der Waals surface area contributed by atoms with Gasteiger partial charge >= 0.3 is 0 Å². The summed E-state index contributed by atoms with van der Waals surface area (Å²) < 4.78 is 5.45. The molecule has 0 aromatic heterocycles. The van der Waals surface area contributed by atoms with Crippen molar-refractivity contribution in [3.8, 4) is 11.8 Å². The maximum atomic E-state index is 12.7. The van der Waals surface area contributed by atoms with Crippen LogP contribution in [0.1, 0.15) is 33.0 Å². The summed E-state index contributed by atoms with van der Waals surface area (Å²) >= 11 is 0. The quantitative estimate of drug-likeness (QED) is 0.808. The zero-order chi connectivity index (χ0) is 14.8. The highest BCUT2D eigenvalue weighted by Crippen LogP contribution is 2.29. The summed E-state index contributed by atoms with van der Waals surface area (Å²) in [7, 11) is 0.